The number of guanidine groups is 1. The molecule has 29 heavy (non-hydrogen) atoms. The second-order valence-electron chi connectivity index (χ2n) is 7.20. The fourth-order valence-corrected chi connectivity index (χ4v) is 5.55. The molecule has 0 atom stereocenters. The van der Waals surface area contributed by atoms with E-state index in [1.54, 1.807) is 0 Å². The smallest absolute Gasteiger partial charge is 0.357 e. The van der Waals surface area contributed by atoms with Gasteiger partial charge in [0.1, 0.15) is 5.01 Å². The summed E-state index contributed by atoms with van der Waals surface area (Å²) in [6, 6.07) is 0. The van der Waals surface area contributed by atoms with Gasteiger partial charge in [-0.2, -0.15) is 24.9 Å². The van der Waals surface area contributed by atoms with Crippen LogP contribution in [0.2, 0.25) is 0 Å². The van der Waals surface area contributed by atoms with E-state index >= 15 is 0 Å². The largest absolute Gasteiger partial charge is 0.434 e. The monoisotopic (exact) mass is 563 g/mol. The highest BCUT2D eigenvalue weighted by Crippen LogP contribution is 2.36. The molecule has 3 rings (SSSR count). The fraction of sp³-hybridized carbons (Fsp3) is 0.778. The van der Waals surface area contributed by atoms with Crippen molar-refractivity contribution < 1.29 is 13.2 Å². The molecule has 1 aromatic heterocycles. The summed E-state index contributed by atoms with van der Waals surface area (Å²) >= 11 is 3.01. The highest BCUT2D eigenvalue weighted by atomic mass is 127. The zero-order chi connectivity index (χ0) is 20.0. The number of thioether (sulfide) groups is 1. The van der Waals surface area contributed by atoms with E-state index in [4.69, 9.17) is 0 Å². The molecule has 0 aromatic carbocycles. The molecule has 2 heterocycles. The van der Waals surface area contributed by atoms with E-state index in [0.29, 0.717) is 17.5 Å². The summed E-state index contributed by atoms with van der Waals surface area (Å²) < 4.78 is 38.1. The topological polar surface area (TPSA) is 52.6 Å². The molecule has 166 valence electrons. The average Bonchev–Trinajstić information content (AvgIpc) is 3.35. The third-order valence-corrected chi connectivity index (χ3v) is 7.14. The molecule has 1 aliphatic carbocycles. The number of aromatic nitrogens is 1. The third-order valence-electron chi connectivity index (χ3n) is 5.36. The summed E-state index contributed by atoms with van der Waals surface area (Å²) in [5.74, 6) is 3.01. The van der Waals surface area contributed by atoms with Gasteiger partial charge in [0.25, 0.3) is 0 Å². The summed E-state index contributed by atoms with van der Waals surface area (Å²) in [7, 11) is 0. The van der Waals surface area contributed by atoms with E-state index < -0.39 is 11.9 Å². The lowest BCUT2D eigenvalue weighted by Gasteiger charge is -2.43. The number of rotatable bonds is 6. The van der Waals surface area contributed by atoms with Crippen molar-refractivity contribution in [3.8, 4) is 0 Å². The molecule has 2 fully saturated rings. The van der Waals surface area contributed by atoms with Crippen molar-refractivity contribution in [3.63, 3.8) is 0 Å². The van der Waals surface area contributed by atoms with Crippen molar-refractivity contribution >= 4 is 53.0 Å². The number of nitrogens with one attached hydrogen (secondary N) is 2. The molecule has 11 heteroatoms. The van der Waals surface area contributed by atoms with Gasteiger partial charge in [-0.3, -0.25) is 4.90 Å². The maximum atomic E-state index is 12.7. The zero-order valence-corrected chi connectivity index (χ0v) is 20.5. The first-order valence-electron chi connectivity index (χ1n) is 9.79. The quantitative estimate of drug-likeness (QED) is 0.309. The lowest BCUT2D eigenvalue weighted by atomic mass is 9.94. The molecule has 1 saturated heterocycles. The Balaban J connectivity index is 0.00000300. The number of thiazole rings is 1. The normalized spacial score (nSPS) is 20.3. The molecule has 1 aromatic rings. The number of hydrogen-bond donors (Lipinski definition) is 2. The van der Waals surface area contributed by atoms with Crippen molar-refractivity contribution in [2.45, 2.75) is 50.9 Å². The number of nitrogens with zero attached hydrogens (tertiary/aromatic N) is 3. The van der Waals surface area contributed by atoms with E-state index in [1.807, 2.05) is 18.7 Å². The van der Waals surface area contributed by atoms with Crippen LogP contribution in [0.4, 0.5) is 13.2 Å². The molecule has 2 N–H and O–H groups in total. The first-order chi connectivity index (χ1) is 13.4. The highest BCUT2D eigenvalue weighted by molar-refractivity contribution is 14.0. The van der Waals surface area contributed by atoms with E-state index in [-0.39, 0.29) is 36.1 Å². The van der Waals surface area contributed by atoms with E-state index in [2.05, 4.69) is 25.5 Å². The second kappa shape index (κ2) is 11.4. The van der Waals surface area contributed by atoms with Crippen molar-refractivity contribution in [1.29, 1.82) is 0 Å². The minimum absolute atomic E-state index is 0. The standard InChI is InChI=1S/C18H28F3N5S2.HI/c1-2-22-16(23-11-15-25-14(12-28-15)18(19,20)21)24-13-17(5-3-4-6-17)26-7-9-27-10-8-26;/h12H,2-11,13H2,1H3,(H2,22,23,24);1H. The van der Waals surface area contributed by atoms with Crippen LogP contribution in [0.3, 0.4) is 0 Å². The minimum atomic E-state index is -4.40. The molecule has 1 saturated carbocycles. The third kappa shape index (κ3) is 6.86. The predicted molar refractivity (Wildman–Crippen MR) is 125 cm³/mol. The van der Waals surface area contributed by atoms with Crippen molar-refractivity contribution in [2.24, 2.45) is 4.99 Å². The Bertz CT molecular complexity index is 656. The van der Waals surface area contributed by atoms with Gasteiger partial charge in [0.15, 0.2) is 11.7 Å². The second-order valence-corrected chi connectivity index (χ2v) is 9.37. The maximum Gasteiger partial charge on any atom is 0.434 e. The average molecular weight is 563 g/mol. The van der Waals surface area contributed by atoms with Crippen molar-refractivity contribution in [2.75, 3.05) is 37.7 Å². The van der Waals surface area contributed by atoms with Crippen molar-refractivity contribution in [1.82, 2.24) is 20.5 Å². The molecule has 2 aliphatic rings. The summed E-state index contributed by atoms with van der Waals surface area (Å²) in [6.07, 6.45) is 0.469. The Hall–Kier alpha value is -0.270. The summed E-state index contributed by atoms with van der Waals surface area (Å²) in [4.78, 5) is 10.8. The number of hydrogen-bond acceptors (Lipinski definition) is 5. The van der Waals surface area contributed by atoms with Gasteiger partial charge in [-0.15, -0.1) is 35.3 Å². The van der Waals surface area contributed by atoms with Crippen LogP contribution in [0.25, 0.3) is 0 Å². The van der Waals surface area contributed by atoms with Crippen LogP contribution in [0.1, 0.15) is 43.3 Å². The van der Waals surface area contributed by atoms with Crippen LogP contribution in [0.5, 0.6) is 0 Å². The van der Waals surface area contributed by atoms with Crippen molar-refractivity contribution in [3.05, 3.63) is 16.1 Å². The zero-order valence-electron chi connectivity index (χ0n) is 16.6. The van der Waals surface area contributed by atoms with Gasteiger partial charge in [0, 0.05) is 48.6 Å². The number of alkyl halides is 3. The molecule has 0 radical (unpaired) electrons. The van der Waals surface area contributed by atoms with Crippen LogP contribution in [-0.2, 0) is 12.7 Å². The van der Waals surface area contributed by atoms with Gasteiger partial charge in [0.05, 0.1) is 6.54 Å². The van der Waals surface area contributed by atoms with E-state index in [1.165, 1.54) is 37.2 Å². The summed E-state index contributed by atoms with van der Waals surface area (Å²) in [5, 5.41) is 8.08. The van der Waals surface area contributed by atoms with E-state index in [9.17, 15) is 13.2 Å². The Morgan fingerprint density at radius 1 is 1.24 bits per heavy atom. The maximum absolute atomic E-state index is 12.7. The van der Waals surface area contributed by atoms with Gasteiger partial charge in [-0.05, 0) is 19.8 Å². The first kappa shape index (κ1) is 25.0. The highest BCUT2D eigenvalue weighted by Gasteiger charge is 2.40. The van der Waals surface area contributed by atoms with Gasteiger partial charge < -0.3 is 10.6 Å². The molecule has 0 amide bonds. The number of halogens is 4. The summed E-state index contributed by atoms with van der Waals surface area (Å²) in [6.45, 7) is 5.89. The number of aliphatic imine (C=N–C) groups is 1. The Morgan fingerprint density at radius 3 is 2.52 bits per heavy atom. The van der Waals surface area contributed by atoms with Crippen LogP contribution in [0, 0.1) is 0 Å². The van der Waals surface area contributed by atoms with Crippen LogP contribution >= 0.6 is 47.1 Å². The summed E-state index contributed by atoms with van der Waals surface area (Å²) in [5.41, 5.74) is -0.671. The Kier molecular flexibility index (Phi) is 9.81. The first-order valence-corrected chi connectivity index (χ1v) is 11.8. The molecule has 0 unspecified atom stereocenters. The molecule has 0 bridgehead atoms. The minimum Gasteiger partial charge on any atom is -0.357 e. The Morgan fingerprint density at radius 2 is 1.93 bits per heavy atom. The molecule has 1 aliphatic heterocycles. The van der Waals surface area contributed by atoms with Gasteiger partial charge in [-0.1, -0.05) is 12.8 Å². The van der Waals surface area contributed by atoms with Crippen LogP contribution < -0.4 is 10.6 Å². The van der Waals surface area contributed by atoms with Gasteiger partial charge in [0.2, 0.25) is 0 Å². The Labute approximate surface area is 195 Å². The fourth-order valence-electron chi connectivity index (χ4n) is 3.93. The SMILES string of the molecule is CCNC(=NCc1nc(C(F)(F)F)cs1)NCC1(N2CCSCC2)CCCC1.I. The lowest BCUT2D eigenvalue weighted by molar-refractivity contribution is -0.140. The van der Waals surface area contributed by atoms with Crippen LogP contribution in [0.15, 0.2) is 10.4 Å². The molecular formula is C18H29F3IN5S2. The molecular weight excluding hydrogens is 534 g/mol. The van der Waals surface area contributed by atoms with Gasteiger partial charge in [-0.25, -0.2) is 9.98 Å². The predicted octanol–water partition coefficient (Wildman–Crippen LogP) is 4.20. The molecule has 5 nitrogen and oxygen atoms in total. The van der Waals surface area contributed by atoms with E-state index in [0.717, 1.165) is 36.4 Å². The molecule has 0 spiro atoms. The van der Waals surface area contributed by atoms with Crippen LogP contribution in [-0.4, -0.2) is 59.1 Å². The van der Waals surface area contributed by atoms with Gasteiger partial charge >= 0.3 is 6.18 Å². The lowest BCUT2D eigenvalue weighted by Crippen LogP contribution is -2.57.